The van der Waals surface area contributed by atoms with Crippen LogP contribution in [0.1, 0.15) is 45.4 Å². The lowest BCUT2D eigenvalue weighted by Gasteiger charge is -2.35. The summed E-state index contributed by atoms with van der Waals surface area (Å²) in [5, 5.41) is 3.30. The van der Waals surface area contributed by atoms with Gasteiger partial charge in [-0.3, -0.25) is 0 Å². The molecule has 0 aromatic heterocycles. The summed E-state index contributed by atoms with van der Waals surface area (Å²) in [6.45, 7) is 7.10. The molecule has 3 nitrogen and oxygen atoms in total. The summed E-state index contributed by atoms with van der Waals surface area (Å²) in [6, 6.07) is 0. The van der Waals surface area contributed by atoms with Gasteiger partial charge in [0.2, 0.25) is 0 Å². The van der Waals surface area contributed by atoms with E-state index in [4.69, 9.17) is 4.74 Å². The van der Waals surface area contributed by atoms with Gasteiger partial charge < -0.3 is 15.0 Å². The Morgan fingerprint density at radius 2 is 1.61 bits per heavy atom. The van der Waals surface area contributed by atoms with Crippen molar-refractivity contribution >= 4 is 0 Å². The number of hydrogen-bond donors (Lipinski definition) is 1. The van der Waals surface area contributed by atoms with Crippen LogP contribution in [0.3, 0.4) is 0 Å². The second-order valence-corrected chi connectivity index (χ2v) is 5.97. The minimum absolute atomic E-state index is 0.540. The molecule has 2 fully saturated rings. The molecule has 1 heterocycles. The minimum atomic E-state index is 0.540. The fraction of sp³-hybridized carbons (Fsp3) is 1.00. The number of likely N-dealkylation sites (tertiary alicyclic amines) is 1. The van der Waals surface area contributed by atoms with Crippen LogP contribution in [-0.4, -0.2) is 50.3 Å². The van der Waals surface area contributed by atoms with Gasteiger partial charge in [0, 0.05) is 13.1 Å². The van der Waals surface area contributed by atoms with Crippen LogP contribution in [0.2, 0.25) is 0 Å². The number of hydrogen-bond acceptors (Lipinski definition) is 3. The normalized spacial score (nSPS) is 31.7. The van der Waals surface area contributed by atoms with Crippen molar-refractivity contribution in [2.45, 2.75) is 57.7 Å². The summed E-state index contributed by atoms with van der Waals surface area (Å²) in [6.07, 6.45) is 8.82. The van der Waals surface area contributed by atoms with E-state index < -0.39 is 0 Å². The topological polar surface area (TPSA) is 24.5 Å². The molecule has 1 aliphatic carbocycles. The first kappa shape index (κ1) is 14.3. The van der Waals surface area contributed by atoms with Gasteiger partial charge in [0.25, 0.3) is 0 Å². The van der Waals surface area contributed by atoms with Gasteiger partial charge in [-0.25, -0.2) is 0 Å². The van der Waals surface area contributed by atoms with Gasteiger partial charge in [-0.05, 0) is 64.6 Å². The van der Waals surface area contributed by atoms with Crippen LogP contribution in [0.4, 0.5) is 0 Å². The van der Waals surface area contributed by atoms with E-state index in [0.717, 1.165) is 5.92 Å². The molecule has 1 saturated heterocycles. The van der Waals surface area contributed by atoms with Crippen molar-refractivity contribution in [1.82, 2.24) is 10.2 Å². The van der Waals surface area contributed by atoms with Crippen LogP contribution >= 0.6 is 0 Å². The van der Waals surface area contributed by atoms with Crippen molar-refractivity contribution in [2.75, 3.05) is 33.2 Å². The molecule has 0 unspecified atom stereocenters. The van der Waals surface area contributed by atoms with Crippen LogP contribution in [-0.2, 0) is 4.74 Å². The van der Waals surface area contributed by atoms with Gasteiger partial charge >= 0.3 is 0 Å². The molecule has 0 aromatic rings. The Bertz CT molecular complexity index is 219. The summed E-state index contributed by atoms with van der Waals surface area (Å²) >= 11 is 0. The van der Waals surface area contributed by atoms with E-state index in [2.05, 4.69) is 24.2 Å². The summed E-state index contributed by atoms with van der Waals surface area (Å²) in [4.78, 5) is 2.53. The molecule has 0 radical (unpaired) electrons. The summed E-state index contributed by atoms with van der Waals surface area (Å²) in [5.41, 5.74) is 0. The lowest BCUT2D eigenvalue weighted by Crippen LogP contribution is -2.39. The molecule has 0 atom stereocenters. The predicted octanol–water partition coefficient (Wildman–Crippen LogP) is 2.27. The van der Waals surface area contributed by atoms with Crippen molar-refractivity contribution < 1.29 is 4.74 Å². The third-order valence-corrected chi connectivity index (χ3v) is 4.65. The van der Waals surface area contributed by atoms with Crippen molar-refractivity contribution in [3.05, 3.63) is 0 Å². The Balaban J connectivity index is 1.63. The molecule has 0 aromatic carbocycles. The first-order valence-electron chi connectivity index (χ1n) is 7.84. The quantitative estimate of drug-likeness (QED) is 0.814. The molecule has 2 aliphatic rings. The molecule has 1 aliphatic heterocycles. The fourth-order valence-corrected chi connectivity index (χ4v) is 3.39. The zero-order valence-electron chi connectivity index (χ0n) is 12.2. The number of piperidine rings is 1. The molecular formula is C15H30N2O. The molecule has 1 N–H and O–H groups in total. The highest BCUT2D eigenvalue weighted by Crippen LogP contribution is 2.28. The van der Waals surface area contributed by atoms with Gasteiger partial charge in [-0.1, -0.05) is 6.92 Å². The molecular weight excluding hydrogens is 224 g/mol. The van der Waals surface area contributed by atoms with E-state index in [1.165, 1.54) is 64.7 Å². The predicted molar refractivity (Wildman–Crippen MR) is 75.9 cm³/mol. The molecule has 106 valence electrons. The maximum absolute atomic E-state index is 6.30. The average Bonchev–Trinajstić information content (AvgIpc) is 2.42. The third kappa shape index (κ3) is 4.22. The first-order valence-corrected chi connectivity index (χ1v) is 7.84. The highest BCUT2D eigenvalue weighted by molar-refractivity contribution is 4.77. The van der Waals surface area contributed by atoms with Crippen molar-refractivity contribution in [3.8, 4) is 0 Å². The SMILES string of the molecule is CCN1CCC(O[C@H]2CC[C@H](CNC)CC2)CC1. The minimum Gasteiger partial charge on any atom is -0.375 e. The Kier molecular flexibility index (Phi) is 5.93. The highest BCUT2D eigenvalue weighted by atomic mass is 16.5. The Labute approximate surface area is 112 Å². The van der Waals surface area contributed by atoms with Crippen LogP contribution in [0.5, 0.6) is 0 Å². The summed E-state index contributed by atoms with van der Waals surface area (Å²) in [7, 11) is 2.06. The molecule has 0 bridgehead atoms. The second kappa shape index (κ2) is 7.46. The van der Waals surface area contributed by atoms with E-state index in [1.54, 1.807) is 0 Å². The Morgan fingerprint density at radius 1 is 1.00 bits per heavy atom. The van der Waals surface area contributed by atoms with Gasteiger partial charge in [0.05, 0.1) is 12.2 Å². The van der Waals surface area contributed by atoms with E-state index in [9.17, 15) is 0 Å². The standard InChI is InChI=1S/C15H30N2O/c1-3-17-10-8-15(9-11-17)18-14-6-4-13(5-7-14)12-16-2/h13-16H,3-12H2,1-2H3/t13-,14-. The number of ether oxygens (including phenoxy) is 1. The average molecular weight is 254 g/mol. The van der Waals surface area contributed by atoms with Crippen molar-refractivity contribution in [3.63, 3.8) is 0 Å². The van der Waals surface area contributed by atoms with Gasteiger partial charge in [0.1, 0.15) is 0 Å². The van der Waals surface area contributed by atoms with E-state index >= 15 is 0 Å². The molecule has 18 heavy (non-hydrogen) atoms. The zero-order valence-corrected chi connectivity index (χ0v) is 12.2. The smallest absolute Gasteiger partial charge is 0.0603 e. The molecule has 0 amide bonds. The third-order valence-electron chi connectivity index (χ3n) is 4.65. The van der Waals surface area contributed by atoms with E-state index in [1.807, 2.05) is 0 Å². The number of nitrogens with one attached hydrogen (secondary N) is 1. The molecule has 2 rings (SSSR count). The van der Waals surface area contributed by atoms with Crippen LogP contribution in [0, 0.1) is 5.92 Å². The summed E-state index contributed by atoms with van der Waals surface area (Å²) in [5.74, 6) is 0.886. The van der Waals surface area contributed by atoms with Crippen molar-refractivity contribution in [2.24, 2.45) is 5.92 Å². The zero-order chi connectivity index (χ0) is 12.8. The van der Waals surface area contributed by atoms with Gasteiger partial charge in [-0.15, -0.1) is 0 Å². The van der Waals surface area contributed by atoms with Crippen LogP contribution in [0.25, 0.3) is 0 Å². The lowest BCUT2D eigenvalue weighted by atomic mass is 9.87. The Morgan fingerprint density at radius 3 is 2.17 bits per heavy atom. The lowest BCUT2D eigenvalue weighted by molar-refractivity contribution is -0.0601. The van der Waals surface area contributed by atoms with Crippen LogP contribution < -0.4 is 5.32 Å². The highest BCUT2D eigenvalue weighted by Gasteiger charge is 2.25. The molecule has 1 saturated carbocycles. The van der Waals surface area contributed by atoms with Gasteiger partial charge in [0.15, 0.2) is 0 Å². The van der Waals surface area contributed by atoms with Gasteiger partial charge in [-0.2, -0.15) is 0 Å². The fourth-order valence-electron chi connectivity index (χ4n) is 3.39. The largest absolute Gasteiger partial charge is 0.375 e. The molecule has 0 spiro atoms. The summed E-state index contributed by atoms with van der Waals surface area (Å²) < 4.78 is 6.30. The van der Waals surface area contributed by atoms with E-state index in [-0.39, 0.29) is 0 Å². The number of nitrogens with zero attached hydrogens (tertiary/aromatic N) is 1. The second-order valence-electron chi connectivity index (χ2n) is 5.97. The Hall–Kier alpha value is -0.120. The first-order chi connectivity index (χ1) is 8.81. The maximum Gasteiger partial charge on any atom is 0.0603 e. The monoisotopic (exact) mass is 254 g/mol. The van der Waals surface area contributed by atoms with Crippen LogP contribution in [0.15, 0.2) is 0 Å². The number of rotatable bonds is 5. The van der Waals surface area contributed by atoms with E-state index in [0.29, 0.717) is 12.2 Å². The maximum atomic E-state index is 6.30. The molecule has 3 heteroatoms. The van der Waals surface area contributed by atoms with Crippen molar-refractivity contribution in [1.29, 1.82) is 0 Å².